The van der Waals surface area contributed by atoms with Crippen molar-refractivity contribution in [2.24, 2.45) is 0 Å². The second-order valence-corrected chi connectivity index (χ2v) is 7.73. The molecule has 0 spiro atoms. The number of benzene rings is 1. The van der Waals surface area contributed by atoms with Gasteiger partial charge in [0.15, 0.2) is 0 Å². The average molecular weight is 398 g/mol. The zero-order chi connectivity index (χ0) is 19.7. The molecule has 0 unspecified atom stereocenters. The van der Waals surface area contributed by atoms with Gasteiger partial charge in [0.1, 0.15) is 12.1 Å². The van der Waals surface area contributed by atoms with E-state index < -0.39 is 16.8 Å². The van der Waals surface area contributed by atoms with Gasteiger partial charge in [0.05, 0.1) is 10.5 Å². The molecule has 2 fully saturated rings. The smallest absolute Gasteiger partial charge is 0.343 e. The van der Waals surface area contributed by atoms with Gasteiger partial charge in [0.2, 0.25) is 5.91 Å². The lowest BCUT2D eigenvalue weighted by Crippen LogP contribution is -2.44. The first kappa shape index (κ1) is 18.5. The van der Waals surface area contributed by atoms with Crippen LogP contribution in [-0.2, 0) is 9.59 Å². The number of carbonyl (C=O) groups excluding carboxylic acids is 3. The van der Waals surface area contributed by atoms with Gasteiger partial charge in [0, 0.05) is 18.5 Å². The van der Waals surface area contributed by atoms with Gasteiger partial charge in [-0.1, -0.05) is 18.2 Å². The van der Waals surface area contributed by atoms with Gasteiger partial charge in [-0.2, -0.15) is 0 Å². The maximum atomic E-state index is 12.6. The molecule has 2 aromatic rings. The van der Waals surface area contributed by atoms with Gasteiger partial charge in [-0.05, 0) is 49.2 Å². The van der Waals surface area contributed by atoms with Crippen LogP contribution in [0.2, 0.25) is 0 Å². The molecule has 0 radical (unpaired) electrons. The fourth-order valence-corrected chi connectivity index (χ4v) is 4.16. The van der Waals surface area contributed by atoms with Crippen molar-refractivity contribution in [2.75, 3.05) is 19.6 Å². The molecule has 0 atom stereocenters. The molecule has 3 amide bonds. The number of fused-ring (bicyclic) bond motifs is 1. The highest BCUT2D eigenvalue weighted by atomic mass is 32.2. The average Bonchev–Trinajstić information content (AvgIpc) is 2.96. The van der Waals surface area contributed by atoms with Crippen LogP contribution in [0.1, 0.15) is 24.8 Å². The predicted octanol–water partition coefficient (Wildman–Crippen LogP) is 2.84. The molecule has 3 heterocycles. The Hall–Kier alpha value is -2.87. The zero-order valence-electron chi connectivity index (χ0n) is 15.1. The third-order valence-corrected chi connectivity index (χ3v) is 5.74. The summed E-state index contributed by atoms with van der Waals surface area (Å²) in [5, 5.41) is 0.208. The van der Waals surface area contributed by atoms with Crippen LogP contribution in [-0.4, -0.2) is 46.5 Å². The Bertz CT molecular complexity index is 1050. The van der Waals surface area contributed by atoms with E-state index in [9.17, 15) is 19.2 Å². The molecule has 144 valence electrons. The summed E-state index contributed by atoms with van der Waals surface area (Å²) in [7, 11) is 0. The minimum Gasteiger partial charge on any atom is -0.422 e. The first-order chi connectivity index (χ1) is 13.5. The number of imide groups is 1. The molecule has 4 rings (SSSR count). The van der Waals surface area contributed by atoms with Crippen molar-refractivity contribution in [2.45, 2.75) is 19.3 Å². The molecule has 2 aliphatic heterocycles. The molecule has 0 saturated carbocycles. The molecule has 0 bridgehead atoms. The Morgan fingerprint density at radius 2 is 1.86 bits per heavy atom. The molecule has 8 heteroatoms. The number of carbonyl (C=O) groups is 3. The zero-order valence-corrected chi connectivity index (χ0v) is 15.9. The van der Waals surface area contributed by atoms with Crippen LogP contribution in [0.4, 0.5) is 4.79 Å². The Labute approximate surface area is 165 Å². The maximum absolute atomic E-state index is 12.6. The number of thioether (sulfide) groups is 1. The summed E-state index contributed by atoms with van der Waals surface area (Å²) < 4.78 is 5.26. The van der Waals surface area contributed by atoms with Crippen LogP contribution < -0.4 is 5.63 Å². The summed E-state index contributed by atoms with van der Waals surface area (Å²) in [5.74, 6) is -0.790. The van der Waals surface area contributed by atoms with Crippen molar-refractivity contribution in [3.05, 3.63) is 51.2 Å². The first-order valence-electron chi connectivity index (χ1n) is 9.09. The fourth-order valence-electron chi connectivity index (χ4n) is 3.33. The minimum absolute atomic E-state index is 0.110. The summed E-state index contributed by atoms with van der Waals surface area (Å²) >= 11 is 0.727. The summed E-state index contributed by atoms with van der Waals surface area (Å²) in [5.41, 5.74) is 0.0475. The van der Waals surface area contributed by atoms with Crippen LogP contribution >= 0.6 is 11.8 Å². The lowest BCUT2D eigenvalue weighted by molar-refractivity contribution is -0.136. The summed E-state index contributed by atoms with van der Waals surface area (Å²) in [6.07, 6.45) is 4.31. The molecule has 2 saturated heterocycles. The highest BCUT2D eigenvalue weighted by Gasteiger charge is 2.37. The first-order valence-corrected chi connectivity index (χ1v) is 9.90. The number of likely N-dealkylation sites (tertiary alicyclic amines) is 1. The Morgan fingerprint density at radius 1 is 1.11 bits per heavy atom. The Morgan fingerprint density at radius 3 is 2.64 bits per heavy atom. The van der Waals surface area contributed by atoms with Crippen molar-refractivity contribution in [1.82, 2.24) is 9.80 Å². The third-order valence-electron chi connectivity index (χ3n) is 4.83. The number of nitrogens with zero attached hydrogens (tertiary/aromatic N) is 2. The van der Waals surface area contributed by atoms with Crippen molar-refractivity contribution in [1.29, 1.82) is 0 Å². The fraction of sp³-hybridized carbons (Fsp3) is 0.300. The van der Waals surface area contributed by atoms with Gasteiger partial charge in [-0.25, -0.2) is 4.79 Å². The molecule has 0 N–H and O–H groups in total. The second kappa shape index (κ2) is 7.63. The Balaban J connectivity index is 1.56. The monoisotopic (exact) mass is 398 g/mol. The lowest BCUT2D eigenvalue weighted by atomic mass is 10.1. The molecular weight excluding hydrogens is 380 g/mol. The van der Waals surface area contributed by atoms with E-state index in [-0.39, 0.29) is 22.9 Å². The standard InChI is InChI=1S/C20H18N2O5S/c23-17(21-8-4-1-5-9-21)12-22-18(24)16(28-20(22)26)11-14-10-13-6-2-3-7-15(13)27-19(14)25/h2-3,6-7,10-11H,1,4-5,8-9,12H2/b16-11+. The summed E-state index contributed by atoms with van der Waals surface area (Å²) in [4.78, 5) is 52.2. The quantitative estimate of drug-likeness (QED) is 0.584. The van der Waals surface area contributed by atoms with E-state index in [4.69, 9.17) is 4.42 Å². The molecule has 28 heavy (non-hydrogen) atoms. The van der Waals surface area contributed by atoms with Crippen molar-refractivity contribution in [3.8, 4) is 0 Å². The SMILES string of the molecule is O=C(CN1C(=O)S/C(=C/c2cc3ccccc3oc2=O)C1=O)N1CCCCC1. The van der Waals surface area contributed by atoms with Gasteiger partial charge < -0.3 is 9.32 Å². The third kappa shape index (κ3) is 3.60. The molecule has 0 aliphatic carbocycles. The minimum atomic E-state index is -0.588. The maximum Gasteiger partial charge on any atom is 0.343 e. The molecule has 2 aliphatic rings. The molecule has 1 aromatic carbocycles. The van der Waals surface area contributed by atoms with Crippen LogP contribution in [0, 0.1) is 0 Å². The highest BCUT2D eigenvalue weighted by molar-refractivity contribution is 8.18. The number of hydrogen-bond donors (Lipinski definition) is 0. The number of amides is 3. The van der Waals surface area contributed by atoms with Crippen molar-refractivity contribution >= 4 is 45.9 Å². The largest absolute Gasteiger partial charge is 0.422 e. The topological polar surface area (TPSA) is 87.9 Å². The van der Waals surface area contributed by atoms with Gasteiger partial charge in [0.25, 0.3) is 11.1 Å². The molecular formula is C20H18N2O5S. The van der Waals surface area contributed by atoms with Gasteiger partial charge in [-0.15, -0.1) is 0 Å². The van der Waals surface area contributed by atoms with E-state index in [0.717, 1.165) is 35.9 Å². The van der Waals surface area contributed by atoms with Crippen LogP contribution in [0.15, 0.2) is 44.4 Å². The van der Waals surface area contributed by atoms with E-state index in [1.807, 2.05) is 6.07 Å². The van der Waals surface area contributed by atoms with Crippen molar-refractivity contribution in [3.63, 3.8) is 0 Å². The van der Waals surface area contributed by atoms with Crippen LogP contribution in [0.25, 0.3) is 17.0 Å². The normalized spacial score (nSPS) is 19.1. The summed E-state index contributed by atoms with van der Waals surface area (Å²) in [6, 6.07) is 8.66. The highest BCUT2D eigenvalue weighted by Crippen LogP contribution is 2.32. The van der Waals surface area contributed by atoms with Crippen LogP contribution in [0.3, 0.4) is 0 Å². The number of piperidine rings is 1. The van der Waals surface area contributed by atoms with E-state index >= 15 is 0 Å². The number of rotatable bonds is 3. The lowest BCUT2D eigenvalue weighted by Gasteiger charge is -2.27. The van der Waals surface area contributed by atoms with Gasteiger partial charge in [-0.3, -0.25) is 19.3 Å². The van der Waals surface area contributed by atoms with E-state index in [2.05, 4.69) is 0 Å². The predicted molar refractivity (Wildman–Crippen MR) is 106 cm³/mol. The van der Waals surface area contributed by atoms with Gasteiger partial charge >= 0.3 is 5.63 Å². The Kier molecular flexibility index (Phi) is 5.04. The molecule has 7 nitrogen and oxygen atoms in total. The number of hydrogen-bond acceptors (Lipinski definition) is 6. The molecule has 1 aromatic heterocycles. The van der Waals surface area contributed by atoms with E-state index in [0.29, 0.717) is 24.1 Å². The number of para-hydroxylation sites is 1. The summed E-state index contributed by atoms with van der Waals surface area (Å²) in [6.45, 7) is 1.04. The van der Waals surface area contributed by atoms with Crippen molar-refractivity contribution < 1.29 is 18.8 Å². The van der Waals surface area contributed by atoms with E-state index in [1.165, 1.54) is 6.08 Å². The van der Waals surface area contributed by atoms with E-state index in [1.54, 1.807) is 29.2 Å². The second-order valence-electron chi connectivity index (χ2n) is 6.74. The van der Waals surface area contributed by atoms with Crippen LogP contribution in [0.5, 0.6) is 0 Å².